The minimum Gasteiger partial charge on any atom is -0.281 e. The van der Waals surface area contributed by atoms with Gasteiger partial charge < -0.3 is 0 Å². The molecule has 2 rings (SSSR count). The molecule has 0 unspecified atom stereocenters. The van der Waals surface area contributed by atoms with Crippen molar-refractivity contribution in [1.29, 1.82) is 0 Å². The smallest absolute Gasteiger partial charge is 0.0958 e. The second kappa shape index (κ2) is 18.9. The molecule has 0 radical (unpaired) electrons. The number of unbranched alkanes of at least 4 members (excludes halogenated alkanes) is 12. The van der Waals surface area contributed by atoms with Gasteiger partial charge in [0.2, 0.25) is 0 Å². The first-order valence-corrected chi connectivity index (χ1v) is 15.7. The molecule has 2 aromatic rings. The van der Waals surface area contributed by atoms with E-state index in [9.17, 15) is 0 Å². The molecule has 0 saturated heterocycles. The van der Waals surface area contributed by atoms with Crippen LogP contribution in [0.15, 0.2) is 18.2 Å². The van der Waals surface area contributed by atoms with Crippen molar-refractivity contribution in [2.24, 2.45) is 0 Å². The van der Waals surface area contributed by atoms with Crippen LogP contribution in [0.25, 0.3) is 10.9 Å². The van der Waals surface area contributed by atoms with Crippen LogP contribution in [0.4, 0.5) is 0 Å². The molecule has 1 aromatic carbocycles. The Hall–Kier alpha value is -1.31. The summed E-state index contributed by atoms with van der Waals surface area (Å²) < 4.78 is 0. The molecular weight excluding hydrogens is 424 g/mol. The van der Waals surface area contributed by atoms with Crippen LogP contribution in [-0.4, -0.2) is 10.2 Å². The molecule has 0 spiro atoms. The van der Waals surface area contributed by atoms with Gasteiger partial charge in [0.15, 0.2) is 0 Å². The first-order chi connectivity index (χ1) is 17.3. The maximum atomic E-state index is 5.01. The highest BCUT2D eigenvalue weighted by Gasteiger charge is 2.21. The van der Waals surface area contributed by atoms with Crippen LogP contribution in [0.5, 0.6) is 0 Å². The molecule has 35 heavy (non-hydrogen) atoms. The van der Waals surface area contributed by atoms with Crippen molar-refractivity contribution >= 4 is 10.9 Å². The van der Waals surface area contributed by atoms with E-state index < -0.39 is 0 Å². The Kier molecular flexibility index (Phi) is 16.1. The number of aromatic nitrogens is 2. The normalized spacial score (nSPS) is 11.9. The average Bonchev–Trinajstić information content (AvgIpc) is 3.31. The Labute approximate surface area is 218 Å². The summed E-state index contributed by atoms with van der Waals surface area (Å²) in [6.07, 6.45) is 26.9. The average molecular weight is 483 g/mol. The third kappa shape index (κ3) is 10.7. The van der Waals surface area contributed by atoms with Gasteiger partial charge in [-0.05, 0) is 37.2 Å². The molecule has 0 aliphatic rings. The summed E-state index contributed by atoms with van der Waals surface area (Å²) in [5.41, 5.74) is 4.24. The maximum Gasteiger partial charge on any atom is 0.0958 e. The zero-order valence-electron chi connectivity index (χ0n) is 24.0. The fourth-order valence-electron chi connectivity index (χ4n) is 5.88. The Balaban J connectivity index is 2.22. The third-order valence-corrected chi connectivity index (χ3v) is 8.12. The van der Waals surface area contributed by atoms with E-state index >= 15 is 0 Å². The van der Waals surface area contributed by atoms with Crippen LogP contribution in [0.3, 0.4) is 0 Å². The topological polar surface area (TPSA) is 28.7 Å². The Morgan fingerprint density at radius 3 is 1.49 bits per heavy atom. The molecule has 2 heteroatoms. The maximum absolute atomic E-state index is 5.01. The van der Waals surface area contributed by atoms with E-state index in [-0.39, 0.29) is 0 Å². The van der Waals surface area contributed by atoms with E-state index in [1.165, 1.54) is 151 Å². The van der Waals surface area contributed by atoms with Gasteiger partial charge >= 0.3 is 0 Å². The van der Waals surface area contributed by atoms with Gasteiger partial charge in [0, 0.05) is 17.0 Å². The number of para-hydroxylation sites is 1. The Bertz CT molecular complexity index is 738. The minimum absolute atomic E-state index is 0.636. The quantitative estimate of drug-likeness (QED) is 0.166. The van der Waals surface area contributed by atoms with E-state index in [2.05, 4.69) is 51.0 Å². The van der Waals surface area contributed by atoms with Gasteiger partial charge in [-0.3, -0.25) is 5.10 Å². The lowest BCUT2D eigenvalue weighted by Crippen LogP contribution is -2.02. The SMILES string of the molecule is CCCCCCC(CCCCCC)c1[nH]nc2c(C(CCCCCC)CCCCCC)cccc12. The molecule has 0 amide bonds. The fourth-order valence-corrected chi connectivity index (χ4v) is 5.88. The first-order valence-electron chi connectivity index (χ1n) is 15.7. The van der Waals surface area contributed by atoms with Crippen LogP contribution in [0.1, 0.15) is 179 Å². The third-order valence-electron chi connectivity index (χ3n) is 8.12. The number of nitrogens with zero attached hydrogens (tertiary/aromatic N) is 1. The summed E-state index contributed by atoms with van der Waals surface area (Å²) in [4.78, 5) is 0. The number of nitrogens with one attached hydrogen (secondary N) is 1. The van der Waals surface area contributed by atoms with Crippen molar-refractivity contribution < 1.29 is 0 Å². The van der Waals surface area contributed by atoms with Crippen molar-refractivity contribution in [3.05, 3.63) is 29.5 Å². The molecule has 0 bridgehead atoms. The van der Waals surface area contributed by atoms with Crippen LogP contribution >= 0.6 is 0 Å². The minimum atomic E-state index is 0.636. The van der Waals surface area contributed by atoms with Crippen LogP contribution in [0.2, 0.25) is 0 Å². The molecule has 0 saturated carbocycles. The van der Waals surface area contributed by atoms with Gasteiger partial charge in [-0.25, -0.2) is 0 Å². The predicted molar refractivity (Wildman–Crippen MR) is 157 cm³/mol. The molecule has 0 atom stereocenters. The second-order valence-electron chi connectivity index (χ2n) is 11.2. The fraction of sp³-hybridized carbons (Fsp3) is 0.788. The highest BCUT2D eigenvalue weighted by Crippen LogP contribution is 2.37. The second-order valence-corrected chi connectivity index (χ2v) is 11.2. The van der Waals surface area contributed by atoms with Gasteiger partial charge in [-0.2, -0.15) is 5.10 Å². The molecule has 1 aromatic heterocycles. The Morgan fingerprint density at radius 1 is 0.571 bits per heavy atom. The monoisotopic (exact) mass is 482 g/mol. The van der Waals surface area contributed by atoms with Crippen molar-refractivity contribution in [1.82, 2.24) is 10.2 Å². The molecule has 0 aliphatic carbocycles. The predicted octanol–water partition coefficient (Wildman–Crippen LogP) is 11.6. The largest absolute Gasteiger partial charge is 0.281 e. The van der Waals surface area contributed by atoms with Crippen molar-refractivity contribution in [2.75, 3.05) is 0 Å². The number of H-pyrrole nitrogens is 1. The van der Waals surface area contributed by atoms with E-state index in [1.54, 1.807) is 0 Å². The lowest BCUT2D eigenvalue weighted by molar-refractivity contribution is 0.490. The van der Waals surface area contributed by atoms with Gasteiger partial charge in [0.25, 0.3) is 0 Å². The summed E-state index contributed by atoms with van der Waals surface area (Å²) in [6, 6.07) is 7.08. The highest BCUT2D eigenvalue weighted by molar-refractivity contribution is 5.85. The zero-order valence-corrected chi connectivity index (χ0v) is 24.0. The number of aromatic amines is 1. The Morgan fingerprint density at radius 2 is 1.03 bits per heavy atom. The van der Waals surface area contributed by atoms with Gasteiger partial charge in [-0.15, -0.1) is 0 Å². The lowest BCUT2D eigenvalue weighted by Gasteiger charge is -2.19. The van der Waals surface area contributed by atoms with E-state index in [1.807, 2.05) is 0 Å². The summed E-state index contributed by atoms with van der Waals surface area (Å²) in [7, 11) is 0. The number of fused-ring (bicyclic) bond motifs is 1. The van der Waals surface area contributed by atoms with Crippen molar-refractivity contribution in [2.45, 2.75) is 168 Å². The summed E-state index contributed by atoms with van der Waals surface area (Å²) in [5.74, 6) is 1.30. The highest BCUT2D eigenvalue weighted by atomic mass is 15.1. The zero-order chi connectivity index (χ0) is 25.1. The summed E-state index contributed by atoms with van der Waals surface area (Å²) in [6.45, 7) is 9.25. The molecule has 200 valence electrons. The molecule has 1 heterocycles. The van der Waals surface area contributed by atoms with Crippen molar-refractivity contribution in [3.63, 3.8) is 0 Å². The van der Waals surface area contributed by atoms with E-state index in [4.69, 9.17) is 5.10 Å². The van der Waals surface area contributed by atoms with Crippen LogP contribution < -0.4 is 0 Å². The number of hydrogen-bond acceptors (Lipinski definition) is 1. The first kappa shape index (κ1) is 29.9. The number of hydrogen-bond donors (Lipinski definition) is 1. The van der Waals surface area contributed by atoms with Gasteiger partial charge in [0.05, 0.1) is 5.52 Å². The molecule has 0 fully saturated rings. The van der Waals surface area contributed by atoms with Crippen molar-refractivity contribution in [3.8, 4) is 0 Å². The molecule has 2 nitrogen and oxygen atoms in total. The molecular formula is C33H58N2. The lowest BCUT2D eigenvalue weighted by atomic mass is 9.85. The van der Waals surface area contributed by atoms with E-state index in [0.717, 1.165) is 0 Å². The van der Waals surface area contributed by atoms with Crippen LogP contribution in [-0.2, 0) is 0 Å². The summed E-state index contributed by atoms with van der Waals surface area (Å²) in [5, 5.41) is 10.0. The van der Waals surface area contributed by atoms with Gasteiger partial charge in [-0.1, -0.05) is 149 Å². The molecule has 1 N–H and O–H groups in total. The van der Waals surface area contributed by atoms with E-state index in [0.29, 0.717) is 11.8 Å². The van der Waals surface area contributed by atoms with Crippen LogP contribution in [0, 0.1) is 0 Å². The summed E-state index contributed by atoms with van der Waals surface area (Å²) >= 11 is 0. The number of rotatable bonds is 22. The standard InChI is InChI=1S/C33H58N2/c1-5-9-13-17-22-28(23-18-14-10-6-2)30-26-21-27-31-32(34-35-33(30)31)29(24-19-15-11-7-3)25-20-16-12-8-4/h21,26-29H,5-20,22-25H2,1-4H3,(H,34,35). The number of benzene rings is 1. The molecule has 0 aliphatic heterocycles. The van der Waals surface area contributed by atoms with Gasteiger partial charge in [0.1, 0.15) is 0 Å².